The Morgan fingerprint density at radius 3 is 2.97 bits per heavy atom. The highest BCUT2D eigenvalue weighted by Crippen LogP contribution is 2.30. The Bertz CT molecular complexity index is 1170. The van der Waals surface area contributed by atoms with Gasteiger partial charge in [0.15, 0.2) is 6.29 Å². The third-order valence-corrected chi connectivity index (χ3v) is 6.31. The van der Waals surface area contributed by atoms with E-state index in [0.29, 0.717) is 67.6 Å². The molecule has 1 amide bonds. The largest absolute Gasteiger partial charge is 0.449 e. The van der Waals surface area contributed by atoms with Gasteiger partial charge in [0.05, 0.1) is 31.0 Å². The summed E-state index contributed by atoms with van der Waals surface area (Å²) in [6.45, 7) is 2.68. The zero-order valence-corrected chi connectivity index (χ0v) is 20.8. The number of hydrogen-bond donors (Lipinski definition) is 3. The Balaban J connectivity index is 1.53. The number of fused-ring (bicyclic) bond motifs is 1. The molecule has 12 heteroatoms. The summed E-state index contributed by atoms with van der Waals surface area (Å²) in [6.07, 6.45) is 3.67. The van der Waals surface area contributed by atoms with Crippen LogP contribution in [0.2, 0.25) is 0 Å². The molecular weight excluding hydrogens is 478 g/mol. The van der Waals surface area contributed by atoms with Crippen LogP contribution in [0.5, 0.6) is 0 Å². The van der Waals surface area contributed by atoms with Gasteiger partial charge < -0.3 is 35.0 Å². The molecule has 196 valence electrons. The molecule has 3 N–H and O–H groups in total. The first-order valence-corrected chi connectivity index (χ1v) is 12.3. The van der Waals surface area contributed by atoms with E-state index < -0.39 is 6.35 Å². The highest BCUT2D eigenvalue weighted by Gasteiger charge is 2.27. The van der Waals surface area contributed by atoms with Crippen LogP contribution >= 0.6 is 0 Å². The Morgan fingerprint density at radius 1 is 1.32 bits per heavy atom. The van der Waals surface area contributed by atoms with Crippen LogP contribution < -0.4 is 15.5 Å². The maximum atomic E-state index is 12.3. The molecule has 4 heterocycles. The monoisotopic (exact) mass is 509 g/mol. The van der Waals surface area contributed by atoms with Crippen molar-refractivity contribution < 1.29 is 24.2 Å². The molecule has 0 bridgehead atoms. The molecule has 2 aromatic heterocycles. The van der Waals surface area contributed by atoms with Crippen LogP contribution in [0.1, 0.15) is 46.4 Å². The summed E-state index contributed by atoms with van der Waals surface area (Å²) < 4.78 is 10.3. The summed E-state index contributed by atoms with van der Waals surface area (Å²) in [5.41, 5.74) is 2.69. The predicted molar refractivity (Wildman–Crippen MR) is 135 cm³/mol. The first-order valence-electron chi connectivity index (χ1n) is 12.3. The lowest BCUT2D eigenvalue weighted by Crippen LogP contribution is -2.44. The van der Waals surface area contributed by atoms with Gasteiger partial charge in [-0.2, -0.15) is 5.26 Å². The van der Waals surface area contributed by atoms with Gasteiger partial charge in [-0.3, -0.25) is 4.79 Å². The Morgan fingerprint density at radius 2 is 2.19 bits per heavy atom. The fourth-order valence-electron chi connectivity index (χ4n) is 4.42. The first kappa shape index (κ1) is 26.1. The van der Waals surface area contributed by atoms with E-state index in [4.69, 9.17) is 9.47 Å². The van der Waals surface area contributed by atoms with Crippen LogP contribution in [0.15, 0.2) is 18.3 Å². The standard InChI is InChI=1S/C25H31N7O5/c1-36-10-6-27-20-12-22(28-14-19(20)13-26)30-24(34)32-8-4-5-17-11-18(21(16-33)29-23(17)32)15-31-7-2-3-9-37-25(31)35/h11-12,14,16,24,34H,2-10,15H2,1H3,(H2,27,28,30). The zero-order chi connectivity index (χ0) is 26.2. The maximum Gasteiger partial charge on any atom is 0.410 e. The molecule has 1 atom stereocenters. The summed E-state index contributed by atoms with van der Waals surface area (Å²) in [4.78, 5) is 36.3. The smallest absolute Gasteiger partial charge is 0.410 e. The number of hydrogen-bond acceptors (Lipinski definition) is 11. The molecule has 0 saturated carbocycles. The summed E-state index contributed by atoms with van der Waals surface area (Å²) in [6, 6.07) is 5.63. The van der Waals surface area contributed by atoms with Crippen molar-refractivity contribution in [2.75, 3.05) is 55.5 Å². The molecule has 0 aliphatic carbocycles. The normalized spacial score (nSPS) is 16.2. The Labute approximate surface area is 215 Å². The van der Waals surface area contributed by atoms with Gasteiger partial charge in [-0.15, -0.1) is 0 Å². The number of nitriles is 1. The lowest BCUT2D eigenvalue weighted by atomic mass is 10.0. The molecule has 2 aliphatic heterocycles. The highest BCUT2D eigenvalue weighted by atomic mass is 16.6. The fraction of sp³-hybridized carbons (Fsp3) is 0.480. The number of aldehydes is 1. The quantitative estimate of drug-likeness (QED) is 0.245. The number of amides is 1. The Kier molecular flexibility index (Phi) is 8.71. The van der Waals surface area contributed by atoms with Gasteiger partial charge in [-0.25, -0.2) is 14.8 Å². The summed E-state index contributed by atoms with van der Waals surface area (Å²) in [5.74, 6) is 0.869. The molecule has 12 nitrogen and oxygen atoms in total. The number of carbonyl (C=O) groups is 2. The van der Waals surface area contributed by atoms with Crippen LogP contribution in [-0.4, -0.2) is 78.7 Å². The molecule has 2 aliphatic rings. The molecule has 1 unspecified atom stereocenters. The number of methoxy groups -OCH3 is 1. The first-order chi connectivity index (χ1) is 18.0. The number of carbonyl (C=O) groups excluding carboxylic acids is 2. The number of aryl methyl sites for hydroxylation is 1. The number of nitrogens with zero attached hydrogens (tertiary/aromatic N) is 5. The summed E-state index contributed by atoms with van der Waals surface area (Å²) in [7, 11) is 1.59. The van der Waals surface area contributed by atoms with Gasteiger partial charge in [-0.1, -0.05) is 0 Å². The molecule has 0 radical (unpaired) electrons. The second-order valence-electron chi connectivity index (χ2n) is 8.84. The van der Waals surface area contributed by atoms with E-state index >= 15 is 0 Å². The minimum atomic E-state index is -1.18. The van der Waals surface area contributed by atoms with Crippen molar-refractivity contribution in [3.63, 3.8) is 0 Å². The van der Waals surface area contributed by atoms with Crippen LogP contribution in [0.3, 0.4) is 0 Å². The lowest BCUT2D eigenvalue weighted by Gasteiger charge is -2.35. The maximum absolute atomic E-state index is 12.3. The van der Waals surface area contributed by atoms with E-state index in [1.165, 1.54) is 6.20 Å². The highest BCUT2D eigenvalue weighted by molar-refractivity contribution is 5.77. The number of cyclic esters (lactones) is 1. The second kappa shape index (κ2) is 12.3. The van der Waals surface area contributed by atoms with Gasteiger partial charge in [0.2, 0.25) is 6.35 Å². The number of nitrogens with one attached hydrogen (secondary N) is 2. The second-order valence-corrected chi connectivity index (χ2v) is 8.84. The van der Waals surface area contributed by atoms with Gasteiger partial charge >= 0.3 is 6.09 Å². The molecule has 0 spiro atoms. The molecule has 1 saturated heterocycles. The average Bonchev–Trinajstić information content (AvgIpc) is 3.11. The molecule has 1 fully saturated rings. The minimum absolute atomic E-state index is 0.219. The number of ether oxygens (including phenoxy) is 2. The molecular formula is C25H31N7O5. The summed E-state index contributed by atoms with van der Waals surface area (Å²) >= 11 is 0. The van der Waals surface area contributed by atoms with E-state index in [9.17, 15) is 20.0 Å². The van der Waals surface area contributed by atoms with Crippen LogP contribution in [0, 0.1) is 11.3 Å². The van der Waals surface area contributed by atoms with E-state index in [-0.39, 0.29) is 18.3 Å². The van der Waals surface area contributed by atoms with Gasteiger partial charge in [0, 0.05) is 44.6 Å². The van der Waals surface area contributed by atoms with E-state index in [1.807, 2.05) is 6.07 Å². The number of aromatic nitrogens is 2. The van der Waals surface area contributed by atoms with E-state index in [1.54, 1.807) is 23.0 Å². The van der Waals surface area contributed by atoms with Crippen molar-refractivity contribution >= 4 is 29.7 Å². The van der Waals surface area contributed by atoms with Crippen LogP contribution in [-0.2, 0) is 22.4 Å². The molecule has 37 heavy (non-hydrogen) atoms. The molecule has 4 rings (SSSR count). The summed E-state index contributed by atoms with van der Waals surface area (Å²) in [5, 5.41) is 26.5. The lowest BCUT2D eigenvalue weighted by molar-refractivity contribution is 0.109. The number of pyridine rings is 2. The topological polar surface area (TPSA) is 153 Å². The molecule has 2 aromatic rings. The van der Waals surface area contributed by atoms with Crippen molar-refractivity contribution in [3.8, 4) is 6.07 Å². The van der Waals surface area contributed by atoms with Crippen molar-refractivity contribution in [1.29, 1.82) is 5.26 Å². The van der Waals surface area contributed by atoms with Gasteiger partial charge in [0.25, 0.3) is 0 Å². The van der Waals surface area contributed by atoms with Gasteiger partial charge in [0.1, 0.15) is 23.4 Å². The van der Waals surface area contributed by atoms with E-state index in [2.05, 4.69) is 26.7 Å². The van der Waals surface area contributed by atoms with Gasteiger partial charge in [-0.05, 0) is 37.3 Å². The third kappa shape index (κ3) is 6.25. The fourth-order valence-corrected chi connectivity index (χ4v) is 4.42. The minimum Gasteiger partial charge on any atom is -0.449 e. The SMILES string of the molecule is COCCNc1cc(NC(O)N2CCCc3cc(CN4CCCCOC4=O)c(C=O)nc32)ncc1C#N. The number of aliphatic hydroxyl groups is 1. The van der Waals surface area contributed by atoms with E-state index in [0.717, 1.165) is 31.2 Å². The molecule has 0 aromatic carbocycles. The predicted octanol–water partition coefficient (Wildman–Crippen LogP) is 2.09. The van der Waals surface area contributed by atoms with Crippen molar-refractivity contribution in [3.05, 3.63) is 40.7 Å². The Hall–Kier alpha value is -3.95. The van der Waals surface area contributed by atoms with Crippen molar-refractivity contribution in [2.24, 2.45) is 0 Å². The zero-order valence-electron chi connectivity index (χ0n) is 20.8. The number of aliphatic hydroxyl groups excluding tert-OH is 1. The number of rotatable bonds is 10. The van der Waals surface area contributed by atoms with Crippen LogP contribution in [0.25, 0.3) is 0 Å². The third-order valence-electron chi connectivity index (χ3n) is 6.31. The average molecular weight is 510 g/mol. The van der Waals surface area contributed by atoms with Crippen LogP contribution in [0.4, 0.5) is 22.1 Å². The van der Waals surface area contributed by atoms with Crippen molar-refractivity contribution in [1.82, 2.24) is 14.9 Å². The van der Waals surface area contributed by atoms with Crippen molar-refractivity contribution in [2.45, 2.75) is 38.6 Å². The number of anilines is 3.